The third-order valence-electron chi connectivity index (χ3n) is 5.44. The summed E-state index contributed by atoms with van der Waals surface area (Å²) < 4.78 is 21.8. The topological polar surface area (TPSA) is 56.1 Å². The van der Waals surface area contributed by atoms with Gasteiger partial charge >= 0.3 is 0 Å². The van der Waals surface area contributed by atoms with Gasteiger partial charge in [-0.25, -0.2) is 19.3 Å². The summed E-state index contributed by atoms with van der Waals surface area (Å²) in [6.45, 7) is 3.41. The Bertz CT molecular complexity index is 1120. The first-order chi connectivity index (χ1) is 14.7. The van der Waals surface area contributed by atoms with E-state index < -0.39 is 0 Å². The molecule has 4 aromatic rings. The number of rotatable bonds is 6. The van der Waals surface area contributed by atoms with Crippen LogP contribution in [0.2, 0.25) is 0 Å². The molecule has 1 aromatic carbocycles. The zero-order valence-corrected chi connectivity index (χ0v) is 17.3. The van der Waals surface area contributed by atoms with E-state index in [9.17, 15) is 4.39 Å². The van der Waals surface area contributed by atoms with Crippen molar-refractivity contribution < 1.29 is 9.13 Å². The van der Waals surface area contributed by atoms with Crippen molar-refractivity contribution >= 4 is 22.4 Å². The first kappa shape index (κ1) is 19.1. The lowest BCUT2D eigenvalue weighted by Gasteiger charge is -2.31. The van der Waals surface area contributed by atoms with Gasteiger partial charge in [0.15, 0.2) is 0 Å². The lowest BCUT2D eigenvalue weighted by Crippen LogP contribution is -2.38. The smallest absolute Gasteiger partial charge is 0.226 e. The molecule has 154 valence electrons. The molecule has 30 heavy (non-hydrogen) atoms. The van der Waals surface area contributed by atoms with Crippen LogP contribution in [-0.2, 0) is 13.1 Å². The second kappa shape index (κ2) is 8.49. The van der Waals surface area contributed by atoms with E-state index in [1.54, 1.807) is 23.5 Å². The molecule has 0 saturated carbocycles. The third kappa shape index (κ3) is 4.20. The highest BCUT2D eigenvalue weighted by Gasteiger charge is 2.22. The molecule has 0 radical (unpaired) electrons. The molecule has 0 bridgehead atoms. The average molecular weight is 424 g/mol. The van der Waals surface area contributed by atoms with Crippen molar-refractivity contribution in [1.29, 1.82) is 0 Å². The molecule has 3 aromatic heterocycles. The maximum absolute atomic E-state index is 13.5. The van der Waals surface area contributed by atoms with Crippen LogP contribution in [0.3, 0.4) is 0 Å². The monoisotopic (exact) mass is 423 g/mol. The summed E-state index contributed by atoms with van der Waals surface area (Å²) in [5, 5.41) is 2.99. The molecule has 6 nitrogen and oxygen atoms in total. The van der Waals surface area contributed by atoms with Crippen LogP contribution in [-0.4, -0.2) is 43.6 Å². The number of aromatic nitrogens is 4. The maximum Gasteiger partial charge on any atom is 0.226 e. The summed E-state index contributed by atoms with van der Waals surface area (Å²) in [6.07, 6.45) is 5.55. The Hall–Kier alpha value is -2.84. The highest BCUT2D eigenvalue weighted by atomic mass is 32.1. The van der Waals surface area contributed by atoms with Crippen molar-refractivity contribution in [2.45, 2.75) is 32.0 Å². The molecule has 5 rings (SSSR count). The van der Waals surface area contributed by atoms with Gasteiger partial charge in [0.1, 0.15) is 23.9 Å². The van der Waals surface area contributed by atoms with Crippen LogP contribution in [0.25, 0.3) is 11.0 Å². The molecular formula is C22H22FN5OS. The van der Waals surface area contributed by atoms with Crippen molar-refractivity contribution in [2.75, 3.05) is 13.1 Å². The second-order valence-electron chi connectivity index (χ2n) is 7.56. The lowest BCUT2D eigenvalue weighted by atomic mass is 10.1. The van der Waals surface area contributed by atoms with Gasteiger partial charge in [-0.15, -0.1) is 11.3 Å². The van der Waals surface area contributed by atoms with E-state index in [1.807, 2.05) is 28.4 Å². The molecule has 1 saturated heterocycles. The normalized spacial score (nSPS) is 15.6. The Labute approximate surface area is 178 Å². The van der Waals surface area contributed by atoms with E-state index in [4.69, 9.17) is 4.74 Å². The van der Waals surface area contributed by atoms with Crippen LogP contribution in [0, 0.1) is 5.82 Å². The quantitative estimate of drug-likeness (QED) is 0.467. The minimum absolute atomic E-state index is 0.140. The van der Waals surface area contributed by atoms with Crippen molar-refractivity contribution in [3.8, 4) is 5.88 Å². The molecule has 1 fully saturated rings. The van der Waals surface area contributed by atoms with E-state index >= 15 is 0 Å². The summed E-state index contributed by atoms with van der Waals surface area (Å²) in [6, 6.07) is 8.60. The van der Waals surface area contributed by atoms with Crippen LogP contribution < -0.4 is 4.74 Å². The number of piperidine rings is 1. The molecule has 0 amide bonds. The lowest BCUT2D eigenvalue weighted by molar-refractivity contribution is 0.0939. The Balaban J connectivity index is 1.26. The van der Waals surface area contributed by atoms with Gasteiger partial charge < -0.3 is 9.30 Å². The average Bonchev–Trinajstić information content (AvgIpc) is 3.40. The molecule has 8 heteroatoms. The molecule has 0 aliphatic carbocycles. The Morgan fingerprint density at radius 3 is 2.80 bits per heavy atom. The van der Waals surface area contributed by atoms with Gasteiger partial charge in [0.2, 0.25) is 5.88 Å². The SMILES string of the molecule is Fc1cccc(Cn2ccc3c(OC4CCN(Cc5cscn5)CC4)ncnc32)c1. The Morgan fingerprint density at radius 2 is 2.00 bits per heavy atom. The van der Waals surface area contributed by atoms with E-state index in [1.165, 1.54) is 12.4 Å². The Kier molecular flexibility index (Phi) is 5.42. The van der Waals surface area contributed by atoms with Crippen LogP contribution in [0.15, 0.2) is 53.7 Å². The second-order valence-corrected chi connectivity index (χ2v) is 8.28. The van der Waals surface area contributed by atoms with Gasteiger partial charge in [0.25, 0.3) is 0 Å². The van der Waals surface area contributed by atoms with Gasteiger partial charge in [0, 0.05) is 37.8 Å². The van der Waals surface area contributed by atoms with Crippen molar-refractivity contribution in [3.63, 3.8) is 0 Å². The summed E-state index contributed by atoms with van der Waals surface area (Å²) in [5.41, 5.74) is 4.70. The first-order valence-electron chi connectivity index (χ1n) is 10.0. The molecule has 0 spiro atoms. The van der Waals surface area contributed by atoms with Crippen LogP contribution >= 0.6 is 11.3 Å². The highest BCUT2D eigenvalue weighted by Crippen LogP contribution is 2.26. The van der Waals surface area contributed by atoms with Gasteiger partial charge in [-0.2, -0.15) is 0 Å². The maximum atomic E-state index is 13.5. The minimum atomic E-state index is -0.233. The van der Waals surface area contributed by atoms with Crippen LogP contribution in [0.1, 0.15) is 24.1 Å². The minimum Gasteiger partial charge on any atom is -0.474 e. The van der Waals surface area contributed by atoms with Gasteiger partial charge in [-0.3, -0.25) is 4.90 Å². The molecule has 1 aliphatic heterocycles. The number of thiazole rings is 1. The summed E-state index contributed by atoms with van der Waals surface area (Å²) in [4.78, 5) is 15.6. The first-order valence-corrected chi connectivity index (χ1v) is 11.0. The zero-order chi connectivity index (χ0) is 20.3. The number of halogens is 1. The number of hydrogen-bond donors (Lipinski definition) is 0. The van der Waals surface area contributed by atoms with Gasteiger partial charge in [-0.05, 0) is 36.6 Å². The fourth-order valence-electron chi connectivity index (χ4n) is 3.92. The van der Waals surface area contributed by atoms with Gasteiger partial charge in [0.05, 0.1) is 16.6 Å². The molecule has 1 aliphatic rings. The van der Waals surface area contributed by atoms with Crippen LogP contribution in [0.4, 0.5) is 4.39 Å². The van der Waals surface area contributed by atoms with Gasteiger partial charge in [-0.1, -0.05) is 12.1 Å². The summed E-state index contributed by atoms with van der Waals surface area (Å²) in [5.74, 6) is 0.389. The predicted molar refractivity (Wildman–Crippen MR) is 114 cm³/mol. The zero-order valence-electron chi connectivity index (χ0n) is 16.4. The van der Waals surface area contributed by atoms with E-state index in [0.29, 0.717) is 12.4 Å². The standard InChI is InChI=1S/C22H22FN5OS/c23-17-3-1-2-16(10-17)11-28-9-6-20-21(28)24-14-25-22(20)29-19-4-7-27(8-5-19)12-18-13-30-15-26-18/h1-3,6,9-10,13-15,19H,4-5,7-8,11-12H2. The number of likely N-dealkylation sites (tertiary alicyclic amines) is 1. The number of nitrogens with zero attached hydrogens (tertiary/aromatic N) is 5. The number of hydrogen-bond acceptors (Lipinski definition) is 6. The molecule has 0 unspecified atom stereocenters. The van der Waals surface area contributed by atoms with E-state index in [0.717, 1.165) is 54.8 Å². The number of fused-ring (bicyclic) bond motifs is 1. The summed E-state index contributed by atoms with van der Waals surface area (Å²) >= 11 is 1.64. The third-order valence-corrected chi connectivity index (χ3v) is 6.08. The molecule has 0 N–H and O–H groups in total. The molecule has 0 atom stereocenters. The predicted octanol–water partition coefficient (Wildman–Crippen LogP) is 4.12. The largest absolute Gasteiger partial charge is 0.474 e. The Morgan fingerprint density at radius 1 is 1.10 bits per heavy atom. The fraction of sp³-hybridized carbons (Fsp3) is 0.318. The van der Waals surface area contributed by atoms with E-state index in [-0.39, 0.29) is 11.9 Å². The summed E-state index contributed by atoms with van der Waals surface area (Å²) in [7, 11) is 0. The van der Waals surface area contributed by atoms with Crippen molar-refractivity contribution in [2.24, 2.45) is 0 Å². The molecule has 4 heterocycles. The van der Waals surface area contributed by atoms with Crippen LogP contribution in [0.5, 0.6) is 5.88 Å². The number of ether oxygens (including phenoxy) is 1. The van der Waals surface area contributed by atoms with Crippen molar-refractivity contribution in [1.82, 2.24) is 24.4 Å². The van der Waals surface area contributed by atoms with Crippen molar-refractivity contribution in [3.05, 3.63) is 70.8 Å². The highest BCUT2D eigenvalue weighted by molar-refractivity contribution is 7.07. The fourth-order valence-corrected chi connectivity index (χ4v) is 4.47. The number of benzene rings is 1. The molecular weight excluding hydrogens is 401 g/mol. The van der Waals surface area contributed by atoms with E-state index in [2.05, 4.69) is 25.2 Å².